The minimum atomic E-state index is -0.488. The summed E-state index contributed by atoms with van der Waals surface area (Å²) in [6, 6.07) is 6.36. The van der Waals surface area contributed by atoms with E-state index in [-0.39, 0.29) is 17.7 Å². The fourth-order valence-corrected chi connectivity index (χ4v) is 2.11. The molecular formula is C15H24N2O2. The standard InChI is InChI=1S/C15H24N2O2/c1-10(2)9-13(16)15(19)17(4)11(3)12-7-5-6-8-14(12)18/h5-8,10-11,13,18H,9,16H2,1-4H3/t11?,13-/m0/s1. The number of hydrogen-bond donors (Lipinski definition) is 2. The van der Waals surface area contributed by atoms with Gasteiger partial charge in [-0.25, -0.2) is 0 Å². The number of benzene rings is 1. The topological polar surface area (TPSA) is 66.6 Å². The van der Waals surface area contributed by atoms with Crippen molar-refractivity contribution >= 4 is 5.91 Å². The molecule has 0 fully saturated rings. The van der Waals surface area contributed by atoms with Gasteiger partial charge in [0.2, 0.25) is 5.91 Å². The SMILES string of the molecule is CC(C)C[C@H](N)C(=O)N(C)C(C)c1ccccc1O. The molecule has 0 radical (unpaired) electrons. The molecular weight excluding hydrogens is 240 g/mol. The van der Waals surface area contributed by atoms with Gasteiger partial charge in [-0.05, 0) is 25.3 Å². The predicted octanol–water partition coefficient (Wildman–Crippen LogP) is 2.29. The van der Waals surface area contributed by atoms with Crippen LogP contribution in [0.15, 0.2) is 24.3 Å². The number of likely N-dealkylation sites (N-methyl/N-ethyl adjacent to an activating group) is 1. The van der Waals surface area contributed by atoms with Crippen LogP contribution in [0.5, 0.6) is 5.75 Å². The second-order valence-corrected chi connectivity index (χ2v) is 5.42. The van der Waals surface area contributed by atoms with Crippen LogP contribution >= 0.6 is 0 Å². The summed E-state index contributed by atoms with van der Waals surface area (Å²) in [6.45, 7) is 5.97. The molecule has 0 aliphatic heterocycles. The highest BCUT2D eigenvalue weighted by Gasteiger charge is 2.24. The lowest BCUT2D eigenvalue weighted by molar-refractivity contribution is -0.133. The molecule has 1 amide bonds. The Balaban J connectivity index is 2.80. The summed E-state index contributed by atoms with van der Waals surface area (Å²) in [4.78, 5) is 13.8. The Morgan fingerprint density at radius 2 is 1.89 bits per heavy atom. The number of phenolic OH excluding ortho intramolecular Hbond substituents is 1. The van der Waals surface area contributed by atoms with Crippen molar-refractivity contribution in [1.82, 2.24) is 4.90 Å². The molecule has 0 bridgehead atoms. The number of para-hydroxylation sites is 1. The molecule has 0 spiro atoms. The van der Waals surface area contributed by atoms with Gasteiger partial charge in [0.05, 0.1) is 12.1 Å². The van der Waals surface area contributed by atoms with Gasteiger partial charge in [0.15, 0.2) is 0 Å². The van der Waals surface area contributed by atoms with E-state index in [1.807, 2.05) is 32.9 Å². The van der Waals surface area contributed by atoms with Gasteiger partial charge in [0, 0.05) is 12.6 Å². The first kappa shape index (κ1) is 15.5. The molecule has 0 aliphatic rings. The van der Waals surface area contributed by atoms with Crippen LogP contribution in [-0.4, -0.2) is 29.0 Å². The largest absolute Gasteiger partial charge is 0.508 e. The molecule has 3 N–H and O–H groups in total. The van der Waals surface area contributed by atoms with Crippen LogP contribution in [0.1, 0.15) is 38.8 Å². The van der Waals surface area contributed by atoms with Crippen LogP contribution in [-0.2, 0) is 4.79 Å². The van der Waals surface area contributed by atoms with Gasteiger partial charge >= 0.3 is 0 Å². The van der Waals surface area contributed by atoms with Crippen LogP contribution in [0.3, 0.4) is 0 Å². The molecule has 0 aliphatic carbocycles. The van der Waals surface area contributed by atoms with E-state index in [1.54, 1.807) is 24.1 Å². The Labute approximate surface area is 115 Å². The molecule has 2 atom stereocenters. The Kier molecular flexibility index (Phi) is 5.36. The normalized spacial score (nSPS) is 14.2. The third-order valence-electron chi connectivity index (χ3n) is 3.36. The summed E-state index contributed by atoms with van der Waals surface area (Å²) < 4.78 is 0. The minimum absolute atomic E-state index is 0.0931. The monoisotopic (exact) mass is 264 g/mol. The molecule has 0 saturated heterocycles. The zero-order chi connectivity index (χ0) is 14.6. The van der Waals surface area contributed by atoms with Gasteiger partial charge in [-0.15, -0.1) is 0 Å². The van der Waals surface area contributed by atoms with E-state index >= 15 is 0 Å². The van der Waals surface area contributed by atoms with Crippen LogP contribution in [0.25, 0.3) is 0 Å². The van der Waals surface area contributed by atoms with Gasteiger partial charge in [-0.2, -0.15) is 0 Å². The molecule has 0 aromatic heterocycles. The summed E-state index contributed by atoms with van der Waals surface area (Å²) in [7, 11) is 1.72. The van der Waals surface area contributed by atoms with E-state index in [2.05, 4.69) is 0 Å². The third-order valence-corrected chi connectivity index (χ3v) is 3.36. The summed E-state index contributed by atoms with van der Waals surface area (Å²) in [5, 5.41) is 9.83. The number of aromatic hydroxyl groups is 1. The van der Waals surface area contributed by atoms with E-state index < -0.39 is 6.04 Å². The maximum absolute atomic E-state index is 12.2. The van der Waals surface area contributed by atoms with Gasteiger partial charge in [0.1, 0.15) is 5.75 Å². The zero-order valence-electron chi connectivity index (χ0n) is 12.1. The van der Waals surface area contributed by atoms with Crippen LogP contribution < -0.4 is 5.73 Å². The fraction of sp³-hybridized carbons (Fsp3) is 0.533. The quantitative estimate of drug-likeness (QED) is 0.857. The molecule has 0 saturated carbocycles. The van der Waals surface area contributed by atoms with E-state index in [1.165, 1.54) is 0 Å². The van der Waals surface area contributed by atoms with Crippen molar-refractivity contribution in [3.8, 4) is 5.75 Å². The van der Waals surface area contributed by atoms with Gasteiger partial charge in [-0.1, -0.05) is 32.0 Å². The predicted molar refractivity (Wildman–Crippen MR) is 76.7 cm³/mol. The van der Waals surface area contributed by atoms with Crippen molar-refractivity contribution in [2.45, 2.75) is 39.3 Å². The van der Waals surface area contributed by atoms with E-state index in [0.29, 0.717) is 12.3 Å². The smallest absolute Gasteiger partial charge is 0.239 e. The number of nitrogens with two attached hydrogens (primary N) is 1. The molecule has 1 aromatic rings. The third kappa shape index (κ3) is 3.96. The maximum Gasteiger partial charge on any atom is 0.239 e. The van der Waals surface area contributed by atoms with Gasteiger partial charge < -0.3 is 15.7 Å². The summed E-state index contributed by atoms with van der Waals surface area (Å²) in [5.74, 6) is 0.490. The van der Waals surface area contributed by atoms with Crippen molar-refractivity contribution in [3.05, 3.63) is 29.8 Å². The Hall–Kier alpha value is -1.55. The summed E-state index contributed by atoms with van der Waals surface area (Å²) in [6.07, 6.45) is 0.663. The minimum Gasteiger partial charge on any atom is -0.508 e. The molecule has 4 nitrogen and oxygen atoms in total. The second kappa shape index (κ2) is 6.57. The average molecular weight is 264 g/mol. The number of phenols is 1. The molecule has 1 aromatic carbocycles. The second-order valence-electron chi connectivity index (χ2n) is 5.42. The Morgan fingerprint density at radius 1 is 1.32 bits per heavy atom. The number of carbonyl (C=O) groups excluding carboxylic acids is 1. The molecule has 1 unspecified atom stereocenters. The summed E-state index contributed by atoms with van der Waals surface area (Å²) in [5.41, 5.74) is 6.65. The maximum atomic E-state index is 12.2. The highest BCUT2D eigenvalue weighted by molar-refractivity contribution is 5.81. The molecule has 19 heavy (non-hydrogen) atoms. The van der Waals surface area contributed by atoms with Crippen LogP contribution in [0.4, 0.5) is 0 Å². The van der Waals surface area contributed by atoms with E-state index in [0.717, 1.165) is 5.56 Å². The summed E-state index contributed by atoms with van der Waals surface area (Å²) >= 11 is 0. The lowest BCUT2D eigenvalue weighted by Crippen LogP contribution is -2.43. The first-order valence-electron chi connectivity index (χ1n) is 6.64. The van der Waals surface area contributed by atoms with Gasteiger partial charge in [0.25, 0.3) is 0 Å². The number of rotatable bonds is 5. The highest BCUT2D eigenvalue weighted by atomic mass is 16.3. The number of amides is 1. The van der Waals surface area contributed by atoms with Crippen molar-refractivity contribution in [2.24, 2.45) is 11.7 Å². The van der Waals surface area contributed by atoms with Crippen molar-refractivity contribution in [3.63, 3.8) is 0 Å². The van der Waals surface area contributed by atoms with Crippen LogP contribution in [0, 0.1) is 5.92 Å². The highest BCUT2D eigenvalue weighted by Crippen LogP contribution is 2.27. The van der Waals surface area contributed by atoms with Crippen molar-refractivity contribution in [2.75, 3.05) is 7.05 Å². The lowest BCUT2D eigenvalue weighted by Gasteiger charge is -2.28. The van der Waals surface area contributed by atoms with Crippen molar-refractivity contribution in [1.29, 1.82) is 0 Å². The molecule has 1 rings (SSSR count). The fourth-order valence-electron chi connectivity index (χ4n) is 2.11. The first-order chi connectivity index (χ1) is 8.84. The Bertz CT molecular complexity index is 432. The zero-order valence-corrected chi connectivity index (χ0v) is 12.1. The molecule has 106 valence electrons. The Morgan fingerprint density at radius 3 is 2.42 bits per heavy atom. The number of nitrogens with zero attached hydrogens (tertiary/aromatic N) is 1. The van der Waals surface area contributed by atoms with E-state index in [9.17, 15) is 9.90 Å². The van der Waals surface area contributed by atoms with E-state index in [4.69, 9.17) is 5.73 Å². The number of hydrogen-bond acceptors (Lipinski definition) is 3. The lowest BCUT2D eigenvalue weighted by atomic mass is 10.0. The molecule has 0 heterocycles. The molecule has 4 heteroatoms. The van der Waals surface area contributed by atoms with Gasteiger partial charge in [-0.3, -0.25) is 4.79 Å². The first-order valence-corrected chi connectivity index (χ1v) is 6.64. The van der Waals surface area contributed by atoms with Crippen LogP contribution in [0.2, 0.25) is 0 Å². The van der Waals surface area contributed by atoms with Crippen molar-refractivity contribution < 1.29 is 9.90 Å². The number of carbonyl (C=O) groups is 1. The average Bonchev–Trinajstić information content (AvgIpc) is 2.36.